The first kappa shape index (κ1) is 21.6. The summed E-state index contributed by atoms with van der Waals surface area (Å²) < 4.78 is 11.1. The Labute approximate surface area is 173 Å². The average Bonchev–Trinajstić information content (AvgIpc) is 2.72. The van der Waals surface area contributed by atoms with Crippen molar-refractivity contribution >= 4 is 12.0 Å². The summed E-state index contributed by atoms with van der Waals surface area (Å²) in [5.41, 5.74) is 0.394. The van der Waals surface area contributed by atoms with Crippen LogP contribution < -0.4 is 0 Å². The minimum Gasteiger partial charge on any atom is -0.444 e. The number of carbonyl (C=O) groups excluding carboxylic acids is 2. The van der Waals surface area contributed by atoms with E-state index in [0.29, 0.717) is 32.0 Å². The molecule has 2 atom stereocenters. The third-order valence-corrected chi connectivity index (χ3v) is 5.44. The normalized spacial score (nSPS) is 23.0. The maximum Gasteiger partial charge on any atom is 0.410 e. The van der Waals surface area contributed by atoms with Gasteiger partial charge in [0.05, 0.1) is 6.04 Å². The summed E-state index contributed by atoms with van der Waals surface area (Å²) in [7, 11) is 0. The van der Waals surface area contributed by atoms with Crippen LogP contribution in [0.25, 0.3) is 0 Å². The van der Waals surface area contributed by atoms with Gasteiger partial charge in [-0.25, -0.2) is 4.79 Å². The van der Waals surface area contributed by atoms with Gasteiger partial charge in [-0.15, -0.1) is 0 Å². The molecule has 1 aromatic heterocycles. The number of amides is 2. The van der Waals surface area contributed by atoms with Gasteiger partial charge in [-0.2, -0.15) is 0 Å². The Hall–Kier alpha value is -2.15. The van der Waals surface area contributed by atoms with Crippen LogP contribution in [0.5, 0.6) is 0 Å². The van der Waals surface area contributed by atoms with E-state index in [9.17, 15) is 9.59 Å². The first-order valence-corrected chi connectivity index (χ1v) is 10.6. The molecule has 0 aliphatic carbocycles. The van der Waals surface area contributed by atoms with Crippen molar-refractivity contribution in [2.75, 3.05) is 32.8 Å². The Morgan fingerprint density at radius 3 is 2.79 bits per heavy atom. The van der Waals surface area contributed by atoms with Crippen molar-refractivity contribution in [3.63, 3.8) is 0 Å². The quantitative estimate of drug-likeness (QED) is 0.770. The lowest BCUT2D eigenvalue weighted by molar-refractivity contribution is -0.137. The molecule has 2 aliphatic rings. The van der Waals surface area contributed by atoms with E-state index in [2.05, 4.69) is 4.98 Å². The van der Waals surface area contributed by atoms with Gasteiger partial charge in [0.2, 0.25) is 5.91 Å². The second-order valence-corrected chi connectivity index (χ2v) is 8.94. The molecule has 3 heterocycles. The van der Waals surface area contributed by atoms with Gasteiger partial charge >= 0.3 is 6.09 Å². The van der Waals surface area contributed by atoms with E-state index in [4.69, 9.17) is 9.47 Å². The van der Waals surface area contributed by atoms with Crippen molar-refractivity contribution in [1.29, 1.82) is 0 Å². The van der Waals surface area contributed by atoms with Crippen molar-refractivity contribution < 1.29 is 19.1 Å². The number of aromatic nitrogens is 1. The second-order valence-electron chi connectivity index (χ2n) is 8.94. The molecular weight excluding hydrogens is 370 g/mol. The summed E-state index contributed by atoms with van der Waals surface area (Å²) >= 11 is 0. The number of hydrogen-bond acceptors (Lipinski definition) is 5. The highest BCUT2D eigenvalue weighted by atomic mass is 16.6. The lowest BCUT2D eigenvalue weighted by Gasteiger charge is -2.42. The molecule has 7 heteroatoms. The lowest BCUT2D eigenvalue weighted by Crippen LogP contribution is -2.53. The summed E-state index contributed by atoms with van der Waals surface area (Å²) in [6.07, 6.45) is 6.73. The minimum absolute atomic E-state index is 0.133. The van der Waals surface area contributed by atoms with Gasteiger partial charge in [0.1, 0.15) is 5.60 Å². The third-order valence-electron chi connectivity index (χ3n) is 5.44. The Morgan fingerprint density at radius 1 is 1.31 bits per heavy atom. The van der Waals surface area contributed by atoms with Gasteiger partial charge in [0, 0.05) is 51.7 Å². The molecule has 0 bridgehead atoms. The van der Waals surface area contributed by atoms with E-state index >= 15 is 0 Å². The van der Waals surface area contributed by atoms with Gasteiger partial charge in [-0.05, 0) is 57.6 Å². The molecule has 3 rings (SSSR count). The van der Waals surface area contributed by atoms with Gasteiger partial charge in [0.15, 0.2) is 0 Å². The van der Waals surface area contributed by atoms with E-state index in [1.807, 2.05) is 37.8 Å². The zero-order valence-electron chi connectivity index (χ0n) is 17.8. The van der Waals surface area contributed by atoms with Gasteiger partial charge in [-0.1, -0.05) is 6.07 Å². The fraction of sp³-hybridized carbons (Fsp3) is 0.682. The van der Waals surface area contributed by atoms with Crippen molar-refractivity contribution in [2.24, 2.45) is 5.92 Å². The van der Waals surface area contributed by atoms with E-state index in [1.165, 1.54) is 0 Å². The third kappa shape index (κ3) is 6.16. The number of nitrogens with zero attached hydrogens (tertiary/aromatic N) is 3. The van der Waals surface area contributed by atoms with E-state index in [1.54, 1.807) is 17.3 Å². The Morgan fingerprint density at radius 2 is 2.14 bits per heavy atom. The lowest BCUT2D eigenvalue weighted by atomic mass is 9.96. The van der Waals surface area contributed by atoms with Crippen LogP contribution in [-0.2, 0) is 14.3 Å². The molecule has 0 saturated carbocycles. The summed E-state index contributed by atoms with van der Waals surface area (Å²) in [5, 5.41) is 0. The topological polar surface area (TPSA) is 72.0 Å². The van der Waals surface area contributed by atoms with Crippen LogP contribution >= 0.6 is 0 Å². The predicted molar refractivity (Wildman–Crippen MR) is 109 cm³/mol. The zero-order chi connectivity index (χ0) is 20.9. The summed E-state index contributed by atoms with van der Waals surface area (Å²) in [5.74, 6) is 0.598. The summed E-state index contributed by atoms with van der Waals surface area (Å²) in [6.45, 7) is 8.56. The summed E-state index contributed by atoms with van der Waals surface area (Å²) in [6, 6.07) is 3.62. The van der Waals surface area contributed by atoms with Crippen molar-refractivity contribution in [3.05, 3.63) is 30.1 Å². The summed E-state index contributed by atoms with van der Waals surface area (Å²) in [4.78, 5) is 33.4. The maximum atomic E-state index is 13.1. The van der Waals surface area contributed by atoms with Crippen LogP contribution in [0.15, 0.2) is 24.5 Å². The van der Waals surface area contributed by atoms with Crippen LogP contribution in [-0.4, -0.2) is 65.2 Å². The highest BCUT2D eigenvalue weighted by Crippen LogP contribution is 2.28. The average molecular weight is 404 g/mol. The molecule has 1 aromatic rings. The second kappa shape index (κ2) is 9.57. The molecule has 2 aliphatic heterocycles. The van der Waals surface area contributed by atoms with Gasteiger partial charge in [0.25, 0.3) is 0 Å². The van der Waals surface area contributed by atoms with Crippen molar-refractivity contribution in [1.82, 2.24) is 14.8 Å². The van der Waals surface area contributed by atoms with Crippen molar-refractivity contribution in [2.45, 2.75) is 58.1 Å². The molecule has 29 heavy (non-hydrogen) atoms. The predicted octanol–water partition coefficient (Wildman–Crippen LogP) is 3.41. The number of carbonyl (C=O) groups is 2. The fourth-order valence-electron chi connectivity index (χ4n) is 3.94. The largest absolute Gasteiger partial charge is 0.444 e. The minimum atomic E-state index is -0.546. The number of piperazine rings is 1. The number of pyridine rings is 1. The smallest absolute Gasteiger partial charge is 0.410 e. The molecule has 0 aromatic carbocycles. The number of ether oxygens (including phenoxy) is 2. The van der Waals surface area contributed by atoms with E-state index in [-0.39, 0.29) is 18.0 Å². The molecule has 2 saturated heterocycles. The molecule has 2 amide bonds. The Bertz CT molecular complexity index is 683. The highest BCUT2D eigenvalue weighted by molar-refractivity contribution is 5.77. The highest BCUT2D eigenvalue weighted by Gasteiger charge is 2.35. The molecule has 7 nitrogen and oxygen atoms in total. The van der Waals surface area contributed by atoms with Crippen LogP contribution in [0.1, 0.15) is 58.1 Å². The van der Waals surface area contributed by atoms with Gasteiger partial charge in [-0.3, -0.25) is 9.78 Å². The molecular formula is C22H33N3O4. The first-order chi connectivity index (χ1) is 13.8. The molecule has 0 spiro atoms. The zero-order valence-corrected chi connectivity index (χ0v) is 17.8. The van der Waals surface area contributed by atoms with E-state index in [0.717, 1.165) is 38.0 Å². The van der Waals surface area contributed by atoms with Crippen LogP contribution in [0.3, 0.4) is 0 Å². The Kier molecular flexibility index (Phi) is 7.11. The Balaban J connectivity index is 1.67. The molecule has 0 N–H and O–H groups in total. The van der Waals surface area contributed by atoms with Crippen molar-refractivity contribution in [3.8, 4) is 0 Å². The molecule has 0 radical (unpaired) electrons. The fourth-order valence-corrected chi connectivity index (χ4v) is 3.94. The molecule has 160 valence electrons. The SMILES string of the molecule is CC(C)(C)OC(=O)N1CCN(C(=O)CC[C@H]2CCCOC2)[C@H](c2cccnc2)C1. The van der Waals surface area contributed by atoms with E-state index < -0.39 is 5.60 Å². The number of rotatable bonds is 4. The molecule has 2 fully saturated rings. The number of hydrogen-bond donors (Lipinski definition) is 0. The van der Waals surface area contributed by atoms with Gasteiger partial charge < -0.3 is 19.3 Å². The van der Waals surface area contributed by atoms with Crippen LogP contribution in [0.2, 0.25) is 0 Å². The monoisotopic (exact) mass is 403 g/mol. The first-order valence-electron chi connectivity index (χ1n) is 10.6. The standard InChI is InChI=1S/C22H33N3O4/c1-22(2,3)29-21(27)24-11-12-25(19(15-24)18-7-4-10-23-14-18)20(26)9-8-17-6-5-13-28-16-17/h4,7,10,14,17,19H,5-6,8-9,11-13,15-16H2,1-3H3/t17-,19+/m1/s1. The van der Waals surface area contributed by atoms with Crippen LogP contribution in [0.4, 0.5) is 4.79 Å². The maximum absolute atomic E-state index is 13.1. The molecule has 0 unspecified atom stereocenters. The van der Waals surface area contributed by atoms with Crippen LogP contribution in [0, 0.1) is 5.92 Å².